The predicted molar refractivity (Wildman–Crippen MR) is 86.7 cm³/mol. The Bertz CT molecular complexity index is 680. The highest BCUT2D eigenvalue weighted by molar-refractivity contribution is 5.44. The Morgan fingerprint density at radius 3 is 2.78 bits per heavy atom. The second kappa shape index (κ2) is 6.04. The van der Waals surface area contributed by atoms with Crippen LogP contribution in [0.1, 0.15) is 12.5 Å². The third-order valence-electron chi connectivity index (χ3n) is 4.42. The minimum absolute atomic E-state index is 0.324. The average molecular weight is 312 g/mol. The van der Waals surface area contributed by atoms with E-state index in [1.807, 2.05) is 12.1 Å². The third-order valence-corrected chi connectivity index (χ3v) is 4.42. The van der Waals surface area contributed by atoms with Gasteiger partial charge in [-0.3, -0.25) is 4.90 Å². The number of hydrogen-bond acceptors (Lipinski definition) is 6. The van der Waals surface area contributed by atoms with Gasteiger partial charge in [-0.05, 0) is 30.7 Å². The lowest BCUT2D eigenvalue weighted by Gasteiger charge is -2.39. The first kappa shape index (κ1) is 14.3. The van der Waals surface area contributed by atoms with E-state index in [-0.39, 0.29) is 0 Å². The van der Waals surface area contributed by atoms with Crippen molar-refractivity contribution in [2.75, 3.05) is 31.3 Å². The standard InChI is InChI=1S/C17H20N4O2/c1-13-10-21(17-18-5-2-6-19-17)8-7-20(13)11-14-3-4-15-16(9-14)23-12-22-15/h2-6,9,13H,7-8,10-12H2,1H3. The summed E-state index contributed by atoms with van der Waals surface area (Å²) >= 11 is 0. The fourth-order valence-electron chi connectivity index (χ4n) is 3.14. The highest BCUT2D eigenvalue weighted by Gasteiger charge is 2.25. The van der Waals surface area contributed by atoms with Crippen molar-refractivity contribution >= 4 is 5.95 Å². The van der Waals surface area contributed by atoms with Crippen LogP contribution in [-0.2, 0) is 6.54 Å². The van der Waals surface area contributed by atoms with E-state index in [9.17, 15) is 0 Å². The molecule has 1 unspecified atom stereocenters. The molecule has 0 spiro atoms. The second-order valence-corrected chi connectivity index (χ2v) is 6.00. The van der Waals surface area contributed by atoms with Crippen molar-refractivity contribution in [1.82, 2.24) is 14.9 Å². The Hall–Kier alpha value is -2.34. The molecular weight excluding hydrogens is 292 g/mol. The topological polar surface area (TPSA) is 50.7 Å². The van der Waals surface area contributed by atoms with Crippen LogP contribution in [0.2, 0.25) is 0 Å². The van der Waals surface area contributed by atoms with Gasteiger partial charge >= 0.3 is 0 Å². The van der Waals surface area contributed by atoms with E-state index in [2.05, 4.69) is 38.8 Å². The van der Waals surface area contributed by atoms with Gasteiger partial charge in [-0.1, -0.05) is 6.07 Å². The van der Waals surface area contributed by atoms with Crippen LogP contribution in [0.5, 0.6) is 11.5 Å². The van der Waals surface area contributed by atoms with E-state index in [0.717, 1.165) is 43.6 Å². The van der Waals surface area contributed by atoms with Crippen LogP contribution in [0.4, 0.5) is 5.95 Å². The van der Waals surface area contributed by atoms with Crippen molar-refractivity contribution in [2.45, 2.75) is 19.5 Å². The van der Waals surface area contributed by atoms with Gasteiger partial charge in [0.05, 0.1) is 0 Å². The van der Waals surface area contributed by atoms with Crippen LogP contribution in [0.25, 0.3) is 0 Å². The molecule has 23 heavy (non-hydrogen) atoms. The number of nitrogens with zero attached hydrogens (tertiary/aromatic N) is 4. The Morgan fingerprint density at radius 1 is 1.13 bits per heavy atom. The molecule has 0 aliphatic carbocycles. The van der Waals surface area contributed by atoms with Crippen molar-refractivity contribution in [3.05, 3.63) is 42.2 Å². The van der Waals surface area contributed by atoms with Crippen molar-refractivity contribution < 1.29 is 9.47 Å². The lowest BCUT2D eigenvalue weighted by Crippen LogP contribution is -2.51. The van der Waals surface area contributed by atoms with E-state index in [1.165, 1.54) is 5.56 Å². The molecule has 1 aromatic heterocycles. The molecule has 0 N–H and O–H groups in total. The smallest absolute Gasteiger partial charge is 0.231 e. The molecule has 0 radical (unpaired) electrons. The summed E-state index contributed by atoms with van der Waals surface area (Å²) in [7, 11) is 0. The molecule has 4 rings (SSSR count). The lowest BCUT2D eigenvalue weighted by molar-refractivity contribution is 0.173. The Morgan fingerprint density at radius 2 is 1.96 bits per heavy atom. The van der Waals surface area contributed by atoms with Gasteiger partial charge < -0.3 is 14.4 Å². The molecule has 1 fully saturated rings. The minimum Gasteiger partial charge on any atom is -0.454 e. The molecule has 0 saturated carbocycles. The summed E-state index contributed by atoms with van der Waals surface area (Å²) in [5.41, 5.74) is 1.26. The zero-order chi connectivity index (χ0) is 15.6. The molecule has 0 amide bonds. The number of piperazine rings is 1. The first-order valence-corrected chi connectivity index (χ1v) is 7.94. The summed E-state index contributed by atoms with van der Waals surface area (Å²) in [5.74, 6) is 2.52. The summed E-state index contributed by atoms with van der Waals surface area (Å²) in [6.07, 6.45) is 3.60. The maximum absolute atomic E-state index is 5.46. The number of anilines is 1. The summed E-state index contributed by atoms with van der Waals surface area (Å²) in [6, 6.07) is 8.49. The minimum atomic E-state index is 0.324. The number of rotatable bonds is 3. The Labute approximate surface area is 135 Å². The van der Waals surface area contributed by atoms with Crippen molar-refractivity contribution in [3.63, 3.8) is 0 Å². The third kappa shape index (κ3) is 2.94. The summed E-state index contributed by atoms with van der Waals surface area (Å²) in [4.78, 5) is 13.4. The Kier molecular flexibility index (Phi) is 3.75. The summed E-state index contributed by atoms with van der Waals surface area (Å²) < 4.78 is 10.8. The van der Waals surface area contributed by atoms with Gasteiger partial charge in [0.2, 0.25) is 12.7 Å². The SMILES string of the molecule is CC1CN(c2ncccn2)CCN1Cc1ccc2c(c1)OCO2. The fourth-order valence-corrected chi connectivity index (χ4v) is 3.14. The molecule has 3 heterocycles. The summed E-state index contributed by atoms with van der Waals surface area (Å²) in [5, 5.41) is 0. The van der Waals surface area contributed by atoms with Crippen molar-refractivity contribution in [3.8, 4) is 11.5 Å². The zero-order valence-electron chi connectivity index (χ0n) is 13.2. The maximum atomic E-state index is 5.46. The first-order chi connectivity index (χ1) is 11.3. The van der Waals surface area contributed by atoms with Crippen molar-refractivity contribution in [2.24, 2.45) is 0 Å². The van der Waals surface area contributed by atoms with Gasteiger partial charge in [0.1, 0.15) is 0 Å². The van der Waals surface area contributed by atoms with E-state index >= 15 is 0 Å². The highest BCUT2D eigenvalue weighted by Crippen LogP contribution is 2.33. The molecular formula is C17H20N4O2. The molecule has 1 atom stereocenters. The van der Waals surface area contributed by atoms with Crippen LogP contribution < -0.4 is 14.4 Å². The molecule has 6 heteroatoms. The first-order valence-electron chi connectivity index (χ1n) is 7.94. The fraction of sp³-hybridized carbons (Fsp3) is 0.412. The molecule has 120 valence electrons. The normalized spacial score (nSPS) is 20.7. The van der Waals surface area contributed by atoms with Crippen LogP contribution in [0.15, 0.2) is 36.7 Å². The van der Waals surface area contributed by atoms with E-state index in [1.54, 1.807) is 12.4 Å². The van der Waals surface area contributed by atoms with Gasteiger partial charge in [-0.15, -0.1) is 0 Å². The largest absolute Gasteiger partial charge is 0.454 e. The molecule has 1 aromatic carbocycles. The highest BCUT2D eigenvalue weighted by atomic mass is 16.7. The second-order valence-electron chi connectivity index (χ2n) is 6.00. The maximum Gasteiger partial charge on any atom is 0.231 e. The zero-order valence-corrected chi connectivity index (χ0v) is 13.2. The number of aromatic nitrogens is 2. The van der Waals surface area contributed by atoms with Gasteiger partial charge in [0, 0.05) is 44.6 Å². The number of ether oxygens (including phenoxy) is 2. The number of benzene rings is 1. The van der Waals surface area contributed by atoms with Gasteiger partial charge in [0.15, 0.2) is 11.5 Å². The van der Waals surface area contributed by atoms with Crippen molar-refractivity contribution in [1.29, 1.82) is 0 Å². The molecule has 0 bridgehead atoms. The van der Waals surface area contributed by atoms with Crippen LogP contribution in [-0.4, -0.2) is 47.3 Å². The van der Waals surface area contributed by atoms with Gasteiger partial charge in [0.25, 0.3) is 0 Å². The Balaban J connectivity index is 1.41. The molecule has 2 aliphatic rings. The van der Waals surface area contributed by atoms with Crippen LogP contribution >= 0.6 is 0 Å². The predicted octanol–water partition coefficient (Wildman–Crippen LogP) is 1.92. The van der Waals surface area contributed by atoms with Gasteiger partial charge in [-0.25, -0.2) is 9.97 Å². The summed E-state index contributed by atoms with van der Waals surface area (Å²) in [6.45, 7) is 6.37. The average Bonchev–Trinajstić information content (AvgIpc) is 3.05. The van der Waals surface area contributed by atoms with E-state index in [0.29, 0.717) is 12.8 Å². The van der Waals surface area contributed by atoms with E-state index < -0.39 is 0 Å². The van der Waals surface area contributed by atoms with E-state index in [4.69, 9.17) is 9.47 Å². The molecule has 2 aliphatic heterocycles. The monoisotopic (exact) mass is 312 g/mol. The number of hydrogen-bond donors (Lipinski definition) is 0. The van der Waals surface area contributed by atoms with Crippen LogP contribution in [0, 0.1) is 0 Å². The van der Waals surface area contributed by atoms with Crippen LogP contribution in [0.3, 0.4) is 0 Å². The molecule has 6 nitrogen and oxygen atoms in total. The lowest BCUT2D eigenvalue weighted by atomic mass is 10.1. The van der Waals surface area contributed by atoms with Gasteiger partial charge in [-0.2, -0.15) is 0 Å². The number of fused-ring (bicyclic) bond motifs is 1. The quantitative estimate of drug-likeness (QED) is 0.863. The molecule has 2 aromatic rings. The molecule has 1 saturated heterocycles.